The van der Waals surface area contributed by atoms with Crippen LogP contribution in [0, 0.1) is 6.08 Å². The van der Waals surface area contributed by atoms with E-state index in [1.165, 1.54) is 22.3 Å². The van der Waals surface area contributed by atoms with Crippen LogP contribution in [0.4, 0.5) is 0 Å². The minimum atomic E-state index is 0.911. The molecule has 0 saturated heterocycles. The predicted octanol–water partition coefficient (Wildman–Crippen LogP) is 4.36. The lowest BCUT2D eigenvalue weighted by atomic mass is 10.0. The molecule has 0 unspecified atom stereocenters. The Kier molecular flexibility index (Phi) is 2.63. The fourth-order valence-corrected chi connectivity index (χ4v) is 2.11. The molecule has 0 fully saturated rings. The maximum atomic E-state index is 3.45. The van der Waals surface area contributed by atoms with Gasteiger partial charge in [-0.15, -0.1) is 0 Å². The molecule has 0 nitrogen and oxygen atoms in total. The van der Waals surface area contributed by atoms with Crippen LogP contribution in [0.3, 0.4) is 0 Å². The lowest BCUT2D eigenvalue weighted by molar-refractivity contribution is 1.39. The van der Waals surface area contributed by atoms with Crippen LogP contribution in [0.25, 0.3) is 11.1 Å². The first-order valence-electron chi connectivity index (χ1n) is 5.86. The summed E-state index contributed by atoms with van der Waals surface area (Å²) in [6.45, 7) is 0. The van der Waals surface area contributed by atoms with E-state index in [1.54, 1.807) is 0 Å². The van der Waals surface area contributed by atoms with Crippen molar-refractivity contribution in [2.24, 2.45) is 0 Å². The van der Waals surface area contributed by atoms with Crippen LogP contribution in [-0.2, 0) is 0 Å². The molecule has 0 aliphatic heterocycles. The van der Waals surface area contributed by atoms with E-state index in [0.717, 1.165) is 6.42 Å². The molecule has 1 aliphatic carbocycles. The molecule has 0 heteroatoms. The highest BCUT2D eigenvalue weighted by Gasteiger charge is 2.09. The van der Waals surface area contributed by atoms with Gasteiger partial charge in [-0.3, -0.25) is 0 Å². The summed E-state index contributed by atoms with van der Waals surface area (Å²) in [5, 5.41) is 0. The number of allylic oxidation sites excluding steroid dienone is 4. The Morgan fingerprint density at radius 1 is 0.706 bits per heavy atom. The summed E-state index contributed by atoms with van der Waals surface area (Å²) in [7, 11) is 0. The van der Waals surface area contributed by atoms with Crippen LogP contribution in [-0.4, -0.2) is 0 Å². The lowest BCUT2D eigenvalue weighted by Gasteiger charge is -2.00. The normalized spacial score (nSPS) is 14.4. The van der Waals surface area contributed by atoms with Crippen LogP contribution in [0.1, 0.15) is 17.5 Å². The van der Waals surface area contributed by atoms with Gasteiger partial charge in [0.05, 0.1) is 0 Å². The third kappa shape index (κ3) is 2.07. The van der Waals surface area contributed by atoms with E-state index in [-0.39, 0.29) is 0 Å². The van der Waals surface area contributed by atoms with Crippen LogP contribution in [0.5, 0.6) is 0 Å². The van der Waals surface area contributed by atoms with Crippen LogP contribution >= 0.6 is 0 Å². The maximum absolute atomic E-state index is 3.45. The smallest absolute Gasteiger partial charge is 0.00104 e. The minimum Gasteiger partial charge on any atom is -0.0622 e. The Morgan fingerprint density at radius 2 is 1.29 bits per heavy atom. The van der Waals surface area contributed by atoms with Crippen LogP contribution < -0.4 is 0 Å². The fraction of sp³-hybridized carbons (Fsp3) is 0.0588. The summed E-state index contributed by atoms with van der Waals surface area (Å²) in [6, 6.07) is 21.0. The van der Waals surface area contributed by atoms with Gasteiger partial charge in [-0.2, -0.15) is 0 Å². The molecule has 0 spiro atoms. The van der Waals surface area contributed by atoms with E-state index in [0.29, 0.717) is 0 Å². The zero-order valence-corrected chi connectivity index (χ0v) is 9.56. The van der Waals surface area contributed by atoms with E-state index in [9.17, 15) is 0 Å². The summed E-state index contributed by atoms with van der Waals surface area (Å²) in [5.41, 5.74) is 5.11. The molecule has 0 saturated carbocycles. The van der Waals surface area contributed by atoms with Crippen molar-refractivity contribution in [3.63, 3.8) is 0 Å². The second-order valence-electron chi connectivity index (χ2n) is 4.17. The maximum Gasteiger partial charge on any atom is -0.00104 e. The molecule has 0 bridgehead atoms. The van der Waals surface area contributed by atoms with Gasteiger partial charge in [0.15, 0.2) is 0 Å². The summed E-state index contributed by atoms with van der Waals surface area (Å²) in [4.78, 5) is 0. The Balaban J connectivity index is 1.91. The first-order chi connectivity index (χ1) is 8.43. The molecule has 1 aliphatic rings. The molecule has 0 aromatic heterocycles. The molecule has 81 valence electrons. The molecular formula is C17H13. The summed E-state index contributed by atoms with van der Waals surface area (Å²) in [5.74, 6) is 0. The van der Waals surface area contributed by atoms with E-state index in [2.05, 4.69) is 60.7 Å². The van der Waals surface area contributed by atoms with Crippen LogP contribution in [0.2, 0.25) is 0 Å². The van der Waals surface area contributed by atoms with E-state index in [1.807, 2.05) is 12.1 Å². The second-order valence-corrected chi connectivity index (χ2v) is 4.17. The van der Waals surface area contributed by atoms with Crippen molar-refractivity contribution < 1.29 is 0 Å². The number of benzene rings is 2. The molecule has 2 aromatic rings. The average molecular weight is 217 g/mol. The highest BCUT2D eigenvalue weighted by Crippen LogP contribution is 2.31. The van der Waals surface area contributed by atoms with Crippen molar-refractivity contribution in [2.75, 3.05) is 0 Å². The van der Waals surface area contributed by atoms with Crippen molar-refractivity contribution in [3.8, 4) is 0 Å². The second kappa shape index (κ2) is 4.42. The fourth-order valence-electron chi connectivity index (χ4n) is 2.11. The Morgan fingerprint density at radius 3 is 1.94 bits per heavy atom. The van der Waals surface area contributed by atoms with Gasteiger partial charge >= 0.3 is 0 Å². The zero-order chi connectivity index (χ0) is 11.5. The van der Waals surface area contributed by atoms with Gasteiger partial charge in [0.25, 0.3) is 0 Å². The molecule has 0 heterocycles. The van der Waals surface area contributed by atoms with E-state index in [4.69, 9.17) is 0 Å². The highest BCUT2D eigenvalue weighted by molar-refractivity contribution is 5.87. The van der Waals surface area contributed by atoms with Gasteiger partial charge in [0, 0.05) is 0 Å². The first-order valence-corrected chi connectivity index (χ1v) is 5.86. The molecule has 2 aromatic carbocycles. The topological polar surface area (TPSA) is 0 Å². The standard InChI is InChI=1S/C17H13/c1-3-7-14(8-4-1)16-11-12-17(13-16)15-9-5-2-6-10-15/h1-10,13H,11H2. The van der Waals surface area contributed by atoms with Crippen molar-refractivity contribution >= 4 is 11.1 Å². The number of hydrogen-bond acceptors (Lipinski definition) is 0. The minimum absolute atomic E-state index is 0.911. The lowest BCUT2D eigenvalue weighted by Crippen LogP contribution is -1.79. The molecule has 0 atom stereocenters. The van der Waals surface area contributed by atoms with Crippen LogP contribution in [0.15, 0.2) is 66.7 Å². The Labute approximate surface area is 102 Å². The summed E-state index contributed by atoms with van der Waals surface area (Å²) < 4.78 is 0. The molecule has 0 amide bonds. The van der Waals surface area contributed by atoms with Gasteiger partial charge in [0.1, 0.15) is 0 Å². The van der Waals surface area contributed by atoms with Crippen molar-refractivity contribution in [1.82, 2.24) is 0 Å². The quantitative estimate of drug-likeness (QED) is 0.701. The van der Waals surface area contributed by atoms with E-state index < -0.39 is 0 Å². The number of rotatable bonds is 2. The molecule has 3 rings (SSSR count). The third-order valence-electron chi connectivity index (χ3n) is 3.02. The first kappa shape index (κ1) is 10.1. The Hall–Kier alpha value is -2.08. The Bertz CT molecular complexity index is 560. The molecule has 17 heavy (non-hydrogen) atoms. The molecular weight excluding hydrogens is 204 g/mol. The third-order valence-corrected chi connectivity index (χ3v) is 3.02. The SMILES string of the molecule is [C]1=C(c2ccccc2)C=C(c2ccccc2)C1. The molecule has 0 N–H and O–H groups in total. The van der Waals surface area contributed by atoms with Gasteiger partial charge in [0.2, 0.25) is 0 Å². The van der Waals surface area contributed by atoms with E-state index >= 15 is 0 Å². The van der Waals surface area contributed by atoms with Gasteiger partial charge in [-0.25, -0.2) is 0 Å². The predicted molar refractivity (Wildman–Crippen MR) is 72.1 cm³/mol. The molecule has 1 radical (unpaired) electrons. The zero-order valence-electron chi connectivity index (χ0n) is 9.56. The highest BCUT2D eigenvalue weighted by atomic mass is 14.1. The average Bonchev–Trinajstić information content (AvgIpc) is 2.90. The van der Waals surface area contributed by atoms with Gasteiger partial charge < -0.3 is 0 Å². The summed E-state index contributed by atoms with van der Waals surface area (Å²) >= 11 is 0. The monoisotopic (exact) mass is 217 g/mol. The largest absolute Gasteiger partial charge is 0.0622 e. The number of hydrogen-bond donors (Lipinski definition) is 0. The van der Waals surface area contributed by atoms with Crippen molar-refractivity contribution in [2.45, 2.75) is 6.42 Å². The van der Waals surface area contributed by atoms with Gasteiger partial charge in [-0.05, 0) is 40.8 Å². The van der Waals surface area contributed by atoms with Crippen molar-refractivity contribution in [3.05, 3.63) is 83.9 Å². The van der Waals surface area contributed by atoms with Gasteiger partial charge in [-0.1, -0.05) is 60.7 Å². The summed E-state index contributed by atoms with van der Waals surface area (Å²) in [6.07, 6.45) is 6.60. The van der Waals surface area contributed by atoms with Crippen molar-refractivity contribution in [1.29, 1.82) is 0 Å².